The number of nitrogens with two attached hydrogens (primary N) is 1. The number of aromatic nitrogens is 4. The molecule has 1 unspecified atom stereocenters. The number of carbonyl (C=O) groups excluding carboxylic acids is 1. The smallest absolute Gasteiger partial charge is 0.335 e. The molecule has 1 atom stereocenters. The molecule has 2 aromatic carbocycles. The summed E-state index contributed by atoms with van der Waals surface area (Å²) in [5.74, 6) is 1.13. The quantitative estimate of drug-likeness (QED) is 0.252. The van der Waals surface area contributed by atoms with Crippen LogP contribution in [0.5, 0.6) is 11.5 Å². The second kappa shape index (κ2) is 11.9. The maximum Gasteiger partial charge on any atom is 0.335 e. The topological polar surface area (TPSA) is 145 Å². The highest BCUT2D eigenvalue weighted by molar-refractivity contribution is 5.97. The third kappa shape index (κ3) is 5.55. The summed E-state index contributed by atoms with van der Waals surface area (Å²) in [5, 5.41) is 9.94. The number of imidazole rings is 1. The molecule has 12 nitrogen and oxygen atoms in total. The molecule has 2 aliphatic rings. The van der Waals surface area contributed by atoms with Crippen molar-refractivity contribution < 1.29 is 14.3 Å². The fourth-order valence-corrected chi connectivity index (χ4v) is 5.96. The van der Waals surface area contributed by atoms with Crippen LogP contribution in [0.2, 0.25) is 0 Å². The summed E-state index contributed by atoms with van der Waals surface area (Å²) in [5.41, 5.74) is 6.89. The van der Waals surface area contributed by atoms with Gasteiger partial charge in [0.15, 0.2) is 11.5 Å². The zero-order valence-corrected chi connectivity index (χ0v) is 24.7. The molecule has 6 rings (SSSR count). The molecular weight excluding hydrogens is 560 g/mol. The predicted molar refractivity (Wildman–Crippen MR) is 164 cm³/mol. The van der Waals surface area contributed by atoms with Gasteiger partial charge in [-0.2, -0.15) is 5.26 Å². The molecule has 0 radical (unpaired) electrons. The molecule has 4 aromatic rings. The molecule has 44 heavy (non-hydrogen) atoms. The van der Waals surface area contributed by atoms with E-state index >= 15 is 0 Å². The lowest BCUT2D eigenvalue weighted by Crippen LogP contribution is -2.49. The van der Waals surface area contributed by atoms with Gasteiger partial charge in [0.25, 0.3) is 5.91 Å². The Morgan fingerprint density at radius 3 is 2.48 bits per heavy atom. The van der Waals surface area contributed by atoms with Crippen LogP contribution in [0.25, 0.3) is 16.9 Å². The summed E-state index contributed by atoms with van der Waals surface area (Å²) in [6, 6.07) is 18.3. The Morgan fingerprint density at radius 1 is 1.07 bits per heavy atom. The number of anilines is 1. The molecule has 12 heteroatoms. The monoisotopic (exact) mass is 594 g/mol. The maximum absolute atomic E-state index is 14.0. The van der Waals surface area contributed by atoms with Crippen molar-refractivity contribution in [2.45, 2.75) is 31.8 Å². The standard InChI is InChI=1S/C32H34N8O4/c1-32(2,38-14-16-43-17-15-38)18-22(19-33)30(41)37-13-12-24(20-37)40-29-27(28(34)35-21-36-29)39(31(40)42)23-8-10-26(11-9-23)44-25-6-4-3-5-7-25/h3-11,18,21,24H,12-17,20H2,1-2H3,(H2,34,35,36). The van der Waals surface area contributed by atoms with E-state index < -0.39 is 5.54 Å². The van der Waals surface area contributed by atoms with Gasteiger partial charge in [-0.1, -0.05) is 18.2 Å². The van der Waals surface area contributed by atoms with E-state index in [0.29, 0.717) is 54.5 Å². The number of morpholine rings is 1. The highest BCUT2D eigenvalue weighted by atomic mass is 16.5. The van der Waals surface area contributed by atoms with Gasteiger partial charge in [-0.15, -0.1) is 0 Å². The first-order valence-corrected chi connectivity index (χ1v) is 14.6. The number of hydrogen-bond acceptors (Lipinski definition) is 9. The van der Waals surface area contributed by atoms with Crippen LogP contribution in [0.15, 0.2) is 77.4 Å². The van der Waals surface area contributed by atoms with Crippen LogP contribution in [0, 0.1) is 11.3 Å². The van der Waals surface area contributed by atoms with Crippen LogP contribution in [0.1, 0.15) is 26.3 Å². The number of nitrogen functional groups attached to an aromatic ring is 1. The molecule has 2 N–H and O–H groups in total. The Kier molecular flexibility index (Phi) is 7.90. The van der Waals surface area contributed by atoms with E-state index in [9.17, 15) is 14.9 Å². The van der Waals surface area contributed by atoms with E-state index in [1.165, 1.54) is 10.9 Å². The molecule has 2 aromatic heterocycles. The number of benzene rings is 2. The SMILES string of the molecule is CC(C)(C=C(C#N)C(=O)N1CCC(n2c(=O)n(-c3ccc(Oc4ccccc4)cc3)c3c(N)ncnc32)C1)N1CCOCC1. The van der Waals surface area contributed by atoms with Gasteiger partial charge in [-0.05, 0) is 62.7 Å². The summed E-state index contributed by atoms with van der Waals surface area (Å²) in [7, 11) is 0. The average Bonchev–Trinajstić information content (AvgIpc) is 3.64. The molecule has 1 amide bonds. The molecule has 0 saturated carbocycles. The van der Waals surface area contributed by atoms with E-state index in [4.69, 9.17) is 15.2 Å². The van der Waals surface area contributed by atoms with Crippen LogP contribution >= 0.6 is 0 Å². The Hall–Kier alpha value is -4.99. The number of hydrogen-bond donors (Lipinski definition) is 1. The molecule has 0 spiro atoms. The van der Waals surface area contributed by atoms with Crippen molar-refractivity contribution in [1.82, 2.24) is 28.9 Å². The van der Waals surface area contributed by atoms with Crippen molar-refractivity contribution in [2.24, 2.45) is 0 Å². The van der Waals surface area contributed by atoms with Crippen molar-refractivity contribution in [1.29, 1.82) is 5.26 Å². The number of nitriles is 1. The van der Waals surface area contributed by atoms with E-state index in [0.717, 1.165) is 13.1 Å². The first-order chi connectivity index (χ1) is 21.3. The number of carbonyl (C=O) groups is 1. The number of ether oxygens (including phenoxy) is 2. The molecule has 0 aliphatic carbocycles. The van der Waals surface area contributed by atoms with E-state index in [-0.39, 0.29) is 35.6 Å². The minimum absolute atomic E-state index is 0.0845. The highest BCUT2D eigenvalue weighted by Gasteiger charge is 2.35. The second-order valence-corrected chi connectivity index (χ2v) is 11.4. The Bertz CT molecular complexity index is 1800. The van der Waals surface area contributed by atoms with E-state index in [1.807, 2.05) is 44.2 Å². The van der Waals surface area contributed by atoms with E-state index in [2.05, 4.69) is 20.9 Å². The number of rotatable bonds is 7. The van der Waals surface area contributed by atoms with Crippen LogP contribution < -0.4 is 16.2 Å². The molecule has 2 fully saturated rings. The normalized spacial score (nSPS) is 18.0. The molecule has 0 bridgehead atoms. The van der Waals surface area contributed by atoms with Crippen LogP contribution in [-0.2, 0) is 9.53 Å². The van der Waals surface area contributed by atoms with Gasteiger partial charge in [0, 0.05) is 31.7 Å². The second-order valence-electron chi connectivity index (χ2n) is 11.4. The largest absolute Gasteiger partial charge is 0.457 e. The van der Waals surface area contributed by atoms with Crippen LogP contribution in [0.4, 0.5) is 5.82 Å². The fourth-order valence-electron chi connectivity index (χ4n) is 5.96. The Balaban J connectivity index is 1.28. The van der Waals surface area contributed by atoms with Crippen molar-refractivity contribution in [3.8, 4) is 23.3 Å². The fraction of sp³-hybridized carbons (Fsp3) is 0.344. The molecule has 226 valence electrons. The van der Waals surface area contributed by atoms with Crippen molar-refractivity contribution in [3.63, 3.8) is 0 Å². The van der Waals surface area contributed by atoms with Gasteiger partial charge in [0.2, 0.25) is 0 Å². The molecular formula is C32H34N8O4. The van der Waals surface area contributed by atoms with E-state index in [1.54, 1.807) is 39.8 Å². The first-order valence-electron chi connectivity index (χ1n) is 14.6. The third-order valence-electron chi connectivity index (χ3n) is 8.24. The summed E-state index contributed by atoms with van der Waals surface area (Å²) >= 11 is 0. The van der Waals surface area contributed by atoms with Crippen LogP contribution in [0.3, 0.4) is 0 Å². The van der Waals surface area contributed by atoms with Gasteiger partial charge in [-0.25, -0.2) is 14.8 Å². The lowest BCUT2D eigenvalue weighted by atomic mass is 9.98. The number of fused-ring (bicyclic) bond motifs is 1. The lowest BCUT2D eigenvalue weighted by Gasteiger charge is -2.39. The molecule has 4 heterocycles. The lowest BCUT2D eigenvalue weighted by molar-refractivity contribution is -0.125. The van der Waals surface area contributed by atoms with Gasteiger partial charge in [-0.3, -0.25) is 18.8 Å². The maximum atomic E-state index is 14.0. The number of para-hydroxylation sites is 1. The molecule has 2 aliphatic heterocycles. The first kappa shape index (κ1) is 29.1. The van der Waals surface area contributed by atoms with Gasteiger partial charge in [0.05, 0.1) is 24.9 Å². The average molecular weight is 595 g/mol. The number of likely N-dealkylation sites (tertiary alicyclic amines) is 1. The predicted octanol–water partition coefficient (Wildman–Crippen LogP) is 3.29. The Labute approximate surface area is 254 Å². The number of nitrogens with zero attached hydrogens (tertiary/aromatic N) is 7. The van der Waals surface area contributed by atoms with Gasteiger partial charge < -0.3 is 20.1 Å². The summed E-state index contributed by atoms with van der Waals surface area (Å²) in [4.78, 5) is 40.0. The Morgan fingerprint density at radius 2 is 1.77 bits per heavy atom. The third-order valence-corrected chi connectivity index (χ3v) is 8.24. The number of amides is 1. The highest BCUT2D eigenvalue weighted by Crippen LogP contribution is 2.30. The summed E-state index contributed by atoms with van der Waals surface area (Å²) < 4.78 is 14.4. The zero-order chi connectivity index (χ0) is 30.8. The summed E-state index contributed by atoms with van der Waals surface area (Å²) in [6.07, 6.45) is 3.59. The van der Waals surface area contributed by atoms with Gasteiger partial charge >= 0.3 is 5.69 Å². The minimum atomic E-state index is -0.496. The summed E-state index contributed by atoms with van der Waals surface area (Å²) in [6.45, 7) is 7.31. The minimum Gasteiger partial charge on any atom is -0.457 e. The van der Waals surface area contributed by atoms with Crippen molar-refractivity contribution in [2.75, 3.05) is 45.1 Å². The van der Waals surface area contributed by atoms with Crippen molar-refractivity contribution in [3.05, 3.63) is 83.1 Å². The van der Waals surface area contributed by atoms with Crippen LogP contribution in [-0.4, -0.2) is 79.7 Å². The van der Waals surface area contributed by atoms with Gasteiger partial charge in [0.1, 0.15) is 35.0 Å². The van der Waals surface area contributed by atoms with Crippen molar-refractivity contribution >= 4 is 22.9 Å². The zero-order valence-electron chi connectivity index (χ0n) is 24.7. The molecule has 2 saturated heterocycles.